The number of hydrogen-bond acceptors (Lipinski definition) is 3. The molecule has 5 nitrogen and oxygen atoms in total. The Labute approximate surface area is 168 Å². The first-order valence-electron chi connectivity index (χ1n) is 9.74. The molecule has 0 aliphatic carbocycles. The summed E-state index contributed by atoms with van der Waals surface area (Å²) in [7, 11) is 1.76. The van der Waals surface area contributed by atoms with E-state index in [9.17, 15) is 9.59 Å². The van der Waals surface area contributed by atoms with E-state index in [1.807, 2.05) is 56.3 Å². The first-order valence-corrected chi connectivity index (χ1v) is 9.74. The van der Waals surface area contributed by atoms with Crippen LogP contribution in [0.3, 0.4) is 0 Å². The molecule has 2 amide bonds. The highest BCUT2D eigenvalue weighted by molar-refractivity contribution is 5.95. The smallest absolute Gasteiger partial charge is 0.238 e. The van der Waals surface area contributed by atoms with Crippen LogP contribution in [0.15, 0.2) is 42.5 Å². The van der Waals surface area contributed by atoms with Gasteiger partial charge in [0.05, 0.1) is 13.1 Å². The summed E-state index contributed by atoms with van der Waals surface area (Å²) in [5.41, 5.74) is 4.92. The van der Waals surface area contributed by atoms with Crippen molar-refractivity contribution in [3.63, 3.8) is 0 Å². The molecule has 0 saturated heterocycles. The fraction of sp³-hybridized carbons (Fsp3) is 0.391. The minimum Gasteiger partial charge on any atom is -0.325 e. The molecule has 0 saturated carbocycles. The van der Waals surface area contributed by atoms with Crippen LogP contribution in [0.25, 0.3) is 0 Å². The Bertz CT molecular complexity index is 795. The van der Waals surface area contributed by atoms with Gasteiger partial charge in [-0.1, -0.05) is 44.2 Å². The number of anilines is 2. The predicted octanol–water partition coefficient (Wildman–Crippen LogP) is 4.33. The molecule has 2 N–H and O–H groups in total. The fourth-order valence-electron chi connectivity index (χ4n) is 3.07. The quantitative estimate of drug-likeness (QED) is 0.716. The lowest BCUT2D eigenvalue weighted by molar-refractivity contribution is -0.119. The predicted molar refractivity (Wildman–Crippen MR) is 116 cm³/mol. The van der Waals surface area contributed by atoms with Crippen molar-refractivity contribution in [2.24, 2.45) is 0 Å². The van der Waals surface area contributed by atoms with E-state index in [0.717, 1.165) is 28.9 Å². The molecule has 5 heteroatoms. The molecule has 2 rings (SSSR count). The van der Waals surface area contributed by atoms with Gasteiger partial charge < -0.3 is 10.6 Å². The molecule has 1 atom stereocenters. The number of carbonyl (C=O) groups excluding carboxylic acids is 2. The first-order chi connectivity index (χ1) is 13.3. The minimum absolute atomic E-state index is 0.134. The van der Waals surface area contributed by atoms with Gasteiger partial charge in [0.15, 0.2) is 0 Å². The number of likely N-dealkylation sites (N-methyl/N-ethyl adjacent to an activating group) is 1. The average Bonchev–Trinajstić information content (AvgIpc) is 2.64. The Morgan fingerprint density at radius 2 is 1.46 bits per heavy atom. The zero-order valence-electron chi connectivity index (χ0n) is 17.5. The van der Waals surface area contributed by atoms with Crippen LogP contribution in [0, 0.1) is 13.8 Å². The second kappa shape index (κ2) is 10.0. The zero-order chi connectivity index (χ0) is 20.7. The largest absolute Gasteiger partial charge is 0.325 e. The molecule has 0 spiro atoms. The number of hydrogen-bond donors (Lipinski definition) is 2. The minimum atomic E-state index is -0.140. The number of benzene rings is 2. The third-order valence-corrected chi connectivity index (χ3v) is 4.95. The standard InChI is InChI=1S/C23H31N3O2/c1-6-16(2)19-10-12-20(13-11-19)24-21(27)14-26(5)15-22(28)25-23-17(3)8-7-9-18(23)4/h7-13,16H,6,14-15H2,1-5H3,(H,24,27)(H,25,28). The third-order valence-electron chi connectivity index (χ3n) is 4.95. The number of rotatable bonds is 8. The molecule has 0 aliphatic rings. The maximum Gasteiger partial charge on any atom is 0.238 e. The molecule has 0 radical (unpaired) electrons. The van der Waals surface area contributed by atoms with Crippen LogP contribution in [0.2, 0.25) is 0 Å². The first kappa shape index (κ1) is 21.6. The van der Waals surface area contributed by atoms with Crippen molar-refractivity contribution in [2.45, 2.75) is 40.0 Å². The highest BCUT2D eigenvalue weighted by atomic mass is 16.2. The van der Waals surface area contributed by atoms with Crippen LogP contribution in [0.1, 0.15) is 42.9 Å². The van der Waals surface area contributed by atoms with Crippen LogP contribution >= 0.6 is 0 Å². The molecular weight excluding hydrogens is 350 g/mol. The summed E-state index contributed by atoms with van der Waals surface area (Å²) in [4.78, 5) is 26.3. The van der Waals surface area contributed by atoms with Gasteiger partial charge in [0.25, 0.3) is 0 Å². The van der Waals surface area contributed by atoms with Gasteiger partial charge >= 0.3 is 0 Å². The molecular formula is C23H31N3O2. The molecule has 2 aromatic carbocycles. The average molecular weight is 382 g/mol. The number of carbonyl (C=O) groups is 2. The second-order valence-corrected chi connectivity index (χ2v) is 7.47. The Hall–Kier alpha value is -2.66. The monoisotopic (exact) mass is 381 g/mol. The maximum atomic E-state index is 12.3. The summed E-state index contributed by atoms with van der Waals surface area (Å²) in [5, 5.41) is 5.83. The van der Waals surface area contributed by atoms with Crippen LogP contribution < -0.4 is 10.6 Å². The number of para-hydroxylation sites is 1. The normalized spacial score (nSPS) is 11.9. The lowest BCUT2D eigenvalue weighted by atomic mass is 9.99. The molecule has 0 fully saturated rings. The molecule has 0 aliphatic heterocycles. The highest BCUT2D eigenvalue weighted by Gasteiger charge is 2.13. The van der Waals surface area contributed by atoms with Crippen molar-refractivity contribution in [3.05, 3.63) is 59.2 Å². The van der Waals surface area contributed by atoms with Crippen LogP contribution in [-0.4, -0.2) is 36.9 Å². The summed E-state index contributed by atoms with van der Waals surface area (Å²) in [6.45, 7) is 8.57. The van der Waals surface area contributed by atoms with Crippen molar-refractivity contribution in [3.8, 4) is 0 Å². The van der Waals surface area contributed by atoms with E-state index in [0.29, 0.717) is 5.92 Å². The van der Waals surface area contributed by atoms with E-state index < -0.39 is 0 Å². The number of nitrogens with one attached hydrogen (secondary N) is 2. The number of amides is 2. The lowest BCUT2D eigenvalue weighted by Crippen LogP contribution is -2.36. The maximum absolute atomic E-state index is 12.3. The van der Waals surface area contributed by atoms with Crippen molar-refractivity contribution < 1.29 is 9.59 Å². The van der Waals surface area contributed by atoms with E-state index in [1.165, 1.54) is 5.56 Å². The highest BCUT2D eigenvalue weighted by Crippen LogP contribution is 2.21. The zero-order valence-corrected chi connectivity index (χ0v) is 17.5. The number of aryl methyl sites for hydroxylation is 2. The fourth-order valence-corrected chi connectivity index (χ4v) is 3.07. The molecule has 150 valence electrons. The molecule has 28 heavy (non-hydrogen) atoms. The van der Waals surface area contributed by atoms with Gasteiger partial charge in [-0.25, -0.2) is 0 Å². The lowest BCUT2D eigenvalue weighted by Gasteiger charge is -2.17. The second-order valence-electron chi connectivity index (χ2n) is 7.47. The van der Waals surface area contributed by atoms with E-state index in [-0.39, 0.29) is 24.9 Å². The third kappa shape index (κ3) is 6.20. The molecule has 0 aromatic heterocycles. The van der Waals surface area contributed by atoms with Crippen molar-refractivity contribution in [1.82, 2.24) is 4.90 Å². The van der Waals surface area contributed by atoms with Gasteiger partial charge in [-0.15, -0.1) is 0 Å². The van der Waals surface area contributed by atoms with Gasteiger partial charge in [-0.05, 0) is 62.1 Å². The van der Waals surface area contributed by atoms with E-state index in [2.05, 4.69) is 24.5 Å². The SMILES string of the molecule is CCC(C)c1ccc(NC(=O)CN(C)CC(=O)Nc2c(C)cccc2C)cc1. The summed E-state index contributed by atoms with van der Waals surface area (Å²) < 4.78 is 0. The van der Waals surface area contributed by atoms with Crippen LogP contribution in [0.4, 0.5) is 11.4 Å². The van der Waals surface area contributed by atoms with Crippen LogP contribution in [-0.2, 0) is 9.59 Å². The van der Waals surface area contributed by atoms with E-state index in [1.54, 1.807) is 11.9 Å². The van der Waals surface area contributed by atoms with E-state index in [4.69, 9.17) is 0 Å². The molecule has 1 unspecified atom stereocenters. The summed E-state index contributed by atoms with van der Waals surface area (Å²) in [6.07, 6.45) is 1.08. The van der Waals surface area contributed by atoms with Crippen molar-refractivity contribution >= 4 is 23.2 Å². The van der Waals surface area contributed by atoms with Gasteiger partial charge in [0.1, 0.15) is 0 Å². The van der Waals surface area contributed by atoms with Crippen LogP contribution in [0.5, 0.6) is 0 Å². The number of nitrogens with zero attached hydrogens (tertiary/aromatic N) is 1. The van der Waals surface area contributed by atoms with Gasteiger partial charge in [0, 0.05) is 11.4 Å². The summed E-state index contributed by atoms with van der Waals surface area (Å²) in [6, 6.07) is 13.8. The molecule has 0 bridgehead atoms. The Morgan fingerprint density at radius 3 is 2.00 bits per heavy atom. The Kier molecular flexibility index (Phi) is 7.76. The summed E-state index contributed by atoms with van der Waals surface area (Å²) in [5.74, 6) is 0.232. The molecule has 0 heterocycles. The van der Waals surface area contributed by atoms with Gasteiger partial charge in [0.2, 0.25) is 11.8 Å². The molecule has 2 aromatic rings. The topological polar surface area (TPSA) is 61.4 Å². The summed E-state index contributed by atoms with van der Waals surface area (Å²) >= 11 is 0. The van der Waals surface area contributed by atoms with Crippen molar-refractivity contribution in [2.75, 3.05) is 30.8 Å². The van der Waals surface area contributed by atoms with Gasteiger partial charge in [-0.3, -0.25) is 14.5 Å². The van der Waals surface area contributed by atoms with Gasteiger partial charge in [-0.2, -0.15) is 0 Å². The Morgan fingerprint density at radius 1 is 0.929 bits per heavy atom. The van der Waals surface area contributed by atoms with Crippen molar-refractivity contribution in [1.29, 1.82) is 0 Å². The van der Waals surface area contributed by atoms with E-state index >= 15 is 0 Å². The Balaban J connectivity index is 1.84.